The van der Waals surface area contributed by atoms with E-state index in [9.17, 15) is 4.79 Å². The zero-order valence-corrected chi connectivity index (χ0v) is 16.5. The highest BCUT2D eigenvalue weighted by atomic mass is 32.2. The van der Waals surface area contributed by atoms with E-state index in [1.807, 2.05) is 24.3 Å². The van der Waals surface area contributed by atoms with Gasteiger partial charge in [0, 0.05) is 23.0 Å². The number of anilines is 1. The highest BCUT2D eigenvalue weighted by Crippen LogP contribution is 2.58. The van der Waals surface area contributed by atoms with Gasteiger partial charge in [0.25, 0.3) is 0 Å². The Hall–Kier alpha value is -2.78. The van der Waals surface area contributed by atoms with Crippen LogP contribution in [0, 0.1) is 0 Å². The minimum atomic E-state index is -0.327. The number of fused-ring (bicyclic) bond motifs is 2. The highest BCUT2D eigenvalue weighted by Gasteiger charge is 2.54. The van der Waals surface area contributed by atoms with Gasteiger partial charge in [-0.05, 0) is 41.8 Å². The number of rotatable bonds is 3. The lowest BCUT2D eigenvalue weighted by Crippen LogP contribution is -2.36. The van der Waals surface area contributed by atoms with E-state index >= 15 is 0 Å². The van der Waals surface area contributed by atoms with E-state index in [1.165, 1.54) is 5.56 Å². The number of ketones is 1. The minimum absolute atomic E-state index is 0.151. The minimum Gasteiger partial charge on any atom is -0.381 e. The summed E-state index contributed by atoms with van der Waals surface area (Å²) < 4.78 is 0. The van der Waals surface area contributed by atoms with Gasteiger partial charge in [-0.15, -0.1) is 0 Å². The summed E-state index contributed by atoms with van der Waals surface area (Å²) in [4.78, 5) is 15.4. The Morgan fingerprint density at radius 3 is 2.29 bits per heavy atom. The predicted molar refractivity (Wildman–Crippen MR) is 116 cm³/mol. The smallest absolute Gasteiger partial charge is 0.171 e. The molecule has 2 nitrogen and oxygen atoms in total. The molecular formula is C25H21NOS. The quantitative estimate of drug-likeness (QED) is 0.609. The van der Waals surface area contributed by atoms with Crippen LogP contribution in [-0.2, 0) is 10.2 Å². The van der Waals surface area contributed by atoms with Crippen LogP contribution >= 0.6 is 11.8 Å². The van der Waals surface area contributed by atoms with Crippen molar-refractivity contribution in [1.29, 1.82) is 0 Å². The maximum absolute atomic E-state index is 13.4. The molecule has 0 radical (unpaired) electrons. The molecule has 0 aromatic heterocycles. The molecule has 1 spiro atoms. The lowest BCUT2D eigenvalue weighted by atomic mass is 9.70. The van der Waals surface area contributed by atoms with Crippen molar-refractivity contribution in [3.63, 3.8) is 0 Å². The van der Waals surface area contributed by atoms with Gasteiger partial charge < -0.3 is 5.32 Å². The second kappa shape index (κ2) is 6.68. The summed E-state index contributed by atoms with van der Waals surface area (Å²) in [7, 11) is 0. The van der Waals surface area contributed by atoms with Gasteiger partial charge >= 0.3 is 0 Å². The molecule has 0 bridgehead atoms. The van der Waals surface area contributed by atoms with Crippen molar-refractivity contribution in [2.45, 2.75) is 29.7 Å². The maximum Gasteiger partial charge on any atom is 0.171 e. The Kier molecular flexibility index (Phi) is 4.13. The van der Waals surface area contributed by atoms with E-state index < -0.39 is 0 Å². The van der Waals surface area contributed by atoms with Crippen molar-refractivity contribution in [3.05, 3.63) is 101 Å². The SMILES string of the molecule is C[C@H]1Nc2ccccc2[C@]12CC(=O)C(Sc1ccccc1)=C2c1ccccc1. The molecule has 0 saturated heterocycles. The Morgan fingerprint density at radius 1 is 0.893 bits per heavy atom. The molecule has 138 valence electrons. The molecule has 5 rings (SSSR count). The summed E-state index contributed by atoms with van der Waals surface area (Å²) in [6.45, 7) is 2.20. The summed E-state index contributed by atoms with van der Waals surface area (Å²) in [5.41, 5.74) is 4.35. The first-order valence-corrected chi connectivity index (χ1v) is 10.4. The Morgan fingerprint density at radius 2 is 1.54 bits per heavy atom. The van der Waals surface area contributed by atoms with Crippen molar-refractivity contribution in [2.75, 3.05) is 5.32 Å². The van der Waals surface area contributed by atoms with Crippen molar-refractivity contribution >= 4 is 28.8 Å². The van der Waals surface area contributed by atoms with E-state index in [-0.39, 0.29) is 17.2 Å². The molecule has 1 heterocycles. The highest BCUT2D eigenvalue weighted by molar-refractivity contribution is 8.04. The van der Waals surface area contributed by atoms with Gasteiger partial charge in [0.15, 0.2) is 5.78 Å². The molecule has 2 aliphatic rings. The van der Waals surface area contributed by atoms with Crippen LogP contribution in [0.3, 0.4) is 0 Å². The van der Waals surface area contributed by atoms with Gasteiger partial charge in [-0.25, -0.2) is 0 Å². The van der Waals surface area contributed by atoms with E-state index in [0.717, 1.165) is 26.6 Å². The van der Waals surface area contributed by atoms with Crippen LogP contribution in [0.25, 0.3) is 5.57 Å². The number of hydrogen-bond donors (Lipinski definition) is 1. The molecule has 1 aliphatic heterocycles. The van der Waals surface area contributed by atoms with Gasteiger partial charge in [-0.3, -0.25) is 4.79 Å². The van der Waals surface area contributed by atoms with Crippen molar-refractivity contribution in [3.8, 4) is 0 Å². The van der Waals surface area contributed by atoms with Gasteiger partial charge in [0.05, 0.1) is 10.3 Å². The molecule has 0 saturated carbocycles. The van der Waals surface area contributed by atoms with Crippen LogP contribution in [0.15, 0.2) is 94.7 Å². The molecule has 1 aliphatic carbocycles. The molecule has 0 unspecified atom stereocenters. The first-order valence-electron chi connectivity index (χ1n) is 9.62. The van der Waals surface area contributed by atoms with Crippen LogP contribution < -0.4 is 5.32 Å². The molecule has 3 aromatic rings. The number of allylic oxidation sites excluding steroid dienone is 1. The molecule has 2 atom stereocenters. The molecule has 0 amide bonds. The molecule has 0 fully saturated rings. The fourth-order valence-electron chi connectivity index (χ4n) is 4.66. The lowest BCUT2D eigenvalue weighted by molar-refractivity contribution is -0.115. The lowest BCUT2D eigenvalue weighted by Gasteiger charge is -2.32. The number of thioether (sulfide) groups is 1. The number of Topliss-reactive ketones (excluding diaryl/α,β-unsaturated/α-hetero) is 1. The molecule has 3 heteroatoms. The Bertz CT molecular complexity index is 1070. The third-order valence-corrected chi connectivity index (χ3v) is 7.05. The zero-order chi connectivity index (χ0) is 19.1. The molecule has 3 aromatic carbocycles. The van der Waals surface area contributed by atoms with Crippen LogP contribution in [0.1, 0.15) is 24.5 Å². The number of hydrogen-bond acceptors (Lipinski definition) is 3. The first kappa shape index (κ1) is 17.3. The standard InChI is InChI=1S/C25H21NOS/c1-17-25(20-14-8-9-15-21(20)26-17)16-22(27)24(28-19-12-6-3-7-13-19)23(25)18-10-4-2-5-11-18/h2-15,17,26H,16H2,1H3/t17-,25+/m1/s1. The van der Waals surface area contributed by atoms with Crippen LogP contribution in [-0.4, -0.2) is 11.8 Å². The number of para-hydroxylation sites is 1. The number of benzene rings is 3. The monoisotopic (exact) mass is 383 g/mol. The molecule has 28 heavy (non-hydrogen) atoms. The predicted octanol–water partition coefficient (Wildman–Crippen LogP) is 5.91. The third kappa shape index (κ3) is 2.54. The summed E-state index contributed by atoms with van der Waals surface area (Å²) in [6.07, 6.45) is 0.511. The maximum atomic E-state index is 13.4. The van der Waals surface area contributed by atoms with Gasteiger partial charge in [-0.2, -0.15) is 0 Å². The van der Waals surface area contributed by atoms with E-state index in [4.69, 9.17) is 0 Å². The van der Waals surface area contributed by atoms with Gasteiger partial charge in [-0.1, -0.05) is 78.5 Å². The molecular weight excluding hydrogens is 362 g/mol. The first-order chi connectivity index (χ1) is 13.7. The summed E-state index contributed by atoms with van der Waals surface area (Å²) in [6, 6.07) is 29.2. The number of nitrogens with one attached hydrogen (secondary N) is 1. The van der Waals surface area contributed by atoms with Crippen LogP contribution in [0.5, 0.6) is 0 Å². The average molecular weight is 384 g/mol. The van der Waals surface area contributed by atoms with Crippen molar-refractivity contribution in [1.82, 2.24) is 0 Å². The second-order valence-electron chi connectivity index (χ2n) is 7.47. The topological polar surface area (TPSA) is 29.1 Å². The summed E-state index contributed by atoms with van der Waals surface area (Å²) >= 11 is 1.60. The Balaban J connectivity index is 1.76. The van der Waals surface area contributed by atoms with E-state index in [0.29, 0.717) is 6.42 Å². The van der Waals surface area contributed by atoms with Crippen LogP contribution in [0.2, 0.25) is 0 Å². The largest absolute Gasteiger partial charge is 0.381 e. The fraction of sp³-hybridized carbons (Fsp3) is 0.160. The van der Waals surface area contributed by atoms with Crippen molar-refractivity contribution in [2.24, 2.45) is 0 Å². The summed E-state index contributed by atoms with van der Waals surface area (Å²) in [5.74, 6) is 0.234. The average Bonchev–Trinajstić information content (AvgIpc) is 3.18. The Labute approximate surface area is 169 Å². The summed E-state index contributed by atoms with van der Waals surface area (Å²) in [5, 5.41) is 3.64. The number of carbonyl (C=O) groups is 1. The van der Waals surface area contributed by atoms with Gasteiger partial charge in [0.2, 0.25) is 0 Å². The van der Waals surface area contributed by atoms with Crippen molar-refractivity contribution < 1.29 is 4.79 Å². The van der Waals surface area contributed by atoms with Crippen LogP contribution in [0.4, 0.5) is 5.69 Å². The second-order valence-corrected chi connectivity index (χ2v) is 8.55. The zero-order valence-electron chi connectivity index (χ0n) is 15.7. The normalized spacial score (nSPS) is 23.2. The van der Waals surface area contributed by atoms with Gasteiger partial charge in [0.1, 0.15) is 0 Å². The fourth-order valence-corrected chi connectivity index (χ4v) is 5.78. The number of carbonyl (C=O) groups excluding carboxylic acids is 1. The third-order valence-electron chi connectivity index (χ3n) is 5.91. The molecule has 1 N–H and O–H groups in total. The van der Waals surface area contributed by atoms with E-state index in [2.05, 4.69) is 72.9 Å². The van der Waals surface area contributed by atoms with E-state index in [1.54, 1.807) is 11.8 Å².